The fraction of sp³-hybridized carbons (Fsp3) is 0.333. The molecular formula is C21H22N2O4. The Bertz CT molecular complexity index is 938. The molecule has 1 atom stereocenters. The molecule has 0 aliphatic carbocycles. The van der Waals surface area contributed by atoms with Crippen LogP contribution in [0, 0.1) is 10.1 Å². The summed E-state index contributed by atoms with van der Waals surface area (Å²) in [5.74, 6) is 0.623. The van der Waals surface area contributed by atoms with Crippen molar-refractivity contribution >= 4 is 17.5 Å². The summed E-state index contributed by atoms with van der Waals surface area (Å²) in [6, 6.07) is 12.9. The molecular weight excluding hydrogens is 344 g/mol. The Morgan fingerprint density at radius 1 is 1.22 bits per heavy atom. The van der Waals surface area contributed by atoms with E-state index in [4.69, 9.17) is 4.74 Å². The van der Waals surface area contributed by atoms with Gasteiger partial charge in [-0.05, 0) is 50.1 Å². The minimum Gasteiger partial charge on any atom is -0.463 e. The molecule has 2 aliphatic rings. The average Bonchev–Trinajstić information content (AvgIpc) is 2.84. The van der Waals surface area contributed by atoms with E-state index in [1.54, 1.807) is 6.07 Å². The fourth-order valence-corrected chi connectivity index (χ4v) is 4.22. The highest BCUT2D eigenvalue weighted by Crippen LogP contribution is 2.54. The number of hydrogen-bond donors (Lipinski definition) is 1. The van der Waals surface area contributed by atoms with Crippen molar-refractivity contribution in [2.75, 3.05) is 18.1 Å². The first-order chi connectivity index (χ1) is 12.9. The highest BCUT2D eigenvalue weighted by molar-refractivity contribution is 5.73. The fourth-order valence-electron chi connectivity index (χ4n) is 4.22. The van der Waals surface area contributed by atoms with Gasteiger partial charge in [-0.25, -0.2) is 0 Å². The number of ether oxygens (including phenoxy) is 1. The average molecular weight is 366 g/mol. The van der Waals surface area contributed by atoms with Crippen LogP contribution in [0.5, 0.6) is 5.75 Å². The van der Waals surface area contributed by atoms with Gasteiger partial charge in [-0.2, -0.15) is 0 Å². The Morgan fingerprint density at radius 2 is 2.00 bits per heavy atom. The molecule has 6 heteroatoms. The molecule has 1 N–H and O–H groups in total. The van der Waals surface area contributed by atoms with Gasteiger partial charge in [-0.15, -0.1) is 0 Å². The van der Waals surface area contributed by atoms with Gasteiger partial charge < -0.3 is 14.7 Å². The van der Waals surface area contributed by atoms with Crippen LogP contribution >= 0.6 is 0 Å². The van der Waals surface area contributed by atoms with Crippen molar-refractivity contribution in [2.45, 2.75) is 31.4 Å². The molecule has 2 heterocycles. The first-order valence-corrected chi connectivity index (χ1v) is 9.05. The number of fused-ring (bicyclic) bond motifs is 2. The molecule has 0 radical (unpaired) electrons. The normalized spacial score (nSPS) is 21.7. The molecule has 4 rings (SSSR count). The number of anilines is 1. The van der Waals surface area contributed by atoms with E-state index in [0.29, 0.717) is 24.3 Å². The van der Waals surface area contributed by atoms with Crippen LogP contribution in [0.4, 0.5) is 11.4 Å². The molecule has 140 valence electrons. The van der Waals surface area contributed by atoms with Crippen LogP contribution in [-0.2, 0) is 5.41 Å². The number of hydrogen-bond acceptors (Lipinski definition) is 5. The van der Waals surface area contributed by atoms with Gasteiger partial charge in [0.05, 0.1) is 10.3 Å². The SMILES string of the molecule is CC1(C)c2ccccc2N(CCCO)C12C=Cc1cc([N+](=O)[O-])ccc1O2. The molecule has 1 unspecified atom stereocenters. The summed E-state index contributed by atoms with van der Waals surface area (Å²) in [6.07, 6.45) is 4.53. The van der Waals surface area contributed by atoms with E-state index in [1.807, 2.05) is 24.3 Å². The first kappa shape index (κ1) is 17.5. The molecule has 0 aromatic heterocycles. The van der Waals surface area contributed by atoms with Crippen LogP contribution in [0.25, 0.3) is 6.08 Å². The molecule has 0 fully saturated rings. The third-order valence-electron chi connectivity index (χ3n) is 5.66. The highest BCUT2D eigenvalue weighted by atomic mass is 16.6. The summed E-state index contributed by atoms with van der Waals surface area (Å²) >= 11 is 0. The van der Waals surface area contributed by atoms with Crippen molar-refractivity contribution in [3.8, 4) is 5.75 Å². The van der Waals surface area contributed by atoms with E-state index in [9.17, 15) is 15.2 Å². The number of nitrogens with zero attached hydrogens (tertiary/aromatic N) is 2. The molecule has 2 aromatic rings. The zero-order chi connectivity index (χ0) is 19.2. The van der Waals surface area contributed by atoms with Crippen molar-refractivity contribution < 1.29 is 14.8 Å². The first-order valence-electron chi connectivity index (χ1n) is 9.05. The van der Waals surface area contributed by atoms with E-state index in [-0.39, 0.29) is 17.7 Å². The lowest BCUT2D eigenvalue weighted by Gasteiger charge is -2.47. The van der Waals surface area contributed by atoms with Gasteiger partial charge in [0, 0.05) is 36.5 Å². The summed E-state index contributed by atoms with van der Waals surface area (Å²) in [4.78, 5) is 12.9. The summed E-state index contributed by atoms with van der Waals surface area (Å²) in [5.41, 5.74) is 1.90. The number of nitro benzene ring substituents is 1. The van der Waals surface area contributed by atoms with Crippen LogP contribution in [0.3, 0.4) is 0 Å². The lowest BCUT2D eigenvalue weighted by molar-refractivity contribution is -0.384. The maximum Gasteiger partial charge on any atom is 0.270 e. The van der Waals surface area contributed by atoms with Gasteiger partial charge >= 0.3 is 0 Å². The van der Waals surface area contributed by atoms with Crippen LogP contribution in [0.15, 0.2) is 48.5 Å². The summed E-state index contributed by atoms with van der Waals surface area (Å²) in [5, 5.41) is 20.4. The number of aliphatic hydroxyl groups is 1. The third kappa shape index (κ3) is 2.44. The van der Waals surface area contributed by atoms with Gasteiger partial charge in [0.15, 0.2) is 0 Å². The van der Waals surface area contributed by atoms with Crippen LogP contribution in [0.2, 0.25) is 0 Å². The van der Waals surface area contributed by atoms with Crippen molar-refractivity contribution in [3.63, 3.8) is 0 Å². The molecule has 6 nitrogen and oxygen atoms in total. The van der Waals surface area contributed by atoms with Gasteiger partial charge in [-0.1, -0.05) is 18.2 Å². The predicted molar refractivity (Wildman–Crippen MR) is 104 cm³/mol. The lowest BCUT2D eigenvalue weighted by atomic mass is 9.76. The molecule has 0 saturated heterocycles. The standard InChI is InChI=1S/C21H22N2O4/c1-20(2)17-6-3-4-7-18(17)22(12-5-13-24)21(20)11-10-15-14-16(23(25)26)8-9-19(15)27-21/h3-4,6-11,14,24H,5,12-13H2,1-2H3. The lowest BCUT2D eigenvalue weighted by Crippen LogP contribution is -2.59. The van der Waals surface area contributed by atoms with Crippen molar-refractivity contribution in [1.29, 1.82) is 0 Å². The van der Waals surface area contributed by atoms with Crippen LogP contribution < -0.4 is 9.64 Å². The van der Waals surface area contributed by atoms with Crippen molar-refractivity contribution in [3.05, 3.63) is 69.8 Å². The number of non-ortho nitro benzene ring substituents is 1. The molecule has 0 bridgehead atoms. The van der Waals surface area contributed by atoms with E-state index >= 15 is 0 Å². The smallest absolute Gasteiger partial charge is 0.270 e. The second kappa shape index (κ2) is 6.09. The number of rotatable bonds is 4. The summed E-state index contributed by atoms with van der Waals surface area (Å²) in [6.45, 7) is 5.03. The minimum atomic E-state index is -0.755. The minimum absolute atomic E-state index is 0.0454. The Kier molecular flexibility index (Phi) is 3.96. The zero-order valence-corrected chi connectivity index (χ0v) is 15.4. The third-order valence-corrected chi connectivity index (χ3v) is 5.66. The Balaban J connectivity index is 1.83. The quantitative estimate of drug-likeness (QED) is 0.656. The van der Waals surface area contributed by atoms with Gasteiger partial charge in [0.1, 0.15) is 5.75 Å². The van der Waals surface area contributed by atoms with Crippen molar-refractivity contribution in [1.82, 2.24) is 0 Å². The van der Waals surface area contributed by atoms with E-state index in [0.717, 1.165) is 5.69 Å². The van der Waals surface area contributed by atoms with E-state index < -0.39 is 10.6 Å². The Morgan fingerprint density at radius 3 is 2.74 bits per heavy atom. The molecule has 0 amide bonds. The van der Waals surface area contributed by atoms with E-state index in [2.05, 4.69) is 30.9 Å². The number of para-hydroxylation sites is 1. The summed E-state index contributed by atoms with van der Waals surface area (Å²) < 4.78 is 6.56. The van der Waals surface area contributed by atoms with Gasteiger partial charge in [-0.3, -0.25) is 10.1 Å². The van der Waals surface area contributed by atoms with E-state index in [1.165, 1.54) is 17.7 Å². The monoisotopic (exact) mass is 366 g/mol. The van der Waals surface area contributed by atoms with Gasteiger partial charge in [0.2, 0.25) is 5.72 Å². The van der Waals surface area contributed by atoms with Crippen LogP contribution in [-0.4, -0.2) is 28.9 Å². The summed E-state index contributed by atoms with van der Waals surface area (Å²) in [7, 11) is 0. The topological polar surface area (TPSA) is 75.8 Å². The second-order valence-electron chi connectivity index (χ2n) is 7.48. The van der Waals surface area contributed by atoms with Crippen LogP contribution in [0.1, 0.15) is 31.4 Å². The second-order valence-corrected chi connectivity index (χ2v) is 7.48. The molecule has 27 heavy (non-hydrogen) atoms. The molecule has 1 spiro atoms. The largest absolute Gasteiger partial charge is 0.463 e. The maximum absolute atomic E-state index is 11.1. The zero-order valence-electron chi connectivity index (χ0n) is 15.4. The Hall–Kier alpha value is -2.86. The van der Waals surface area contributed by atoms with Gasteiger partial charge in [0.25, 0.3) is 5.69 Å². The number of benzene rings is 2. The maximum atomic E-state index is 11.1. The molecule has 2 aromatic carbocycles. The van der Waals surface area contributed by atoms with Crippen molar-refractivity contribution in [2.24, 2.45) is 0 Å². The number of nitro groups is 1. The molecule has 0 saturated carbocycles. The Labute approximate surface area is 157 Å². The predicted octanol–water partition coefficient (Wildman–Crippen LogP) is 3.88. The number of aliphatic hydroxyl groups excluding tert-OH is 1. The highest BCUT2D eigenvalue weighted by Gasteiger charge is 2.58. The molecule has 2 aliphatic heterocycles.